The third kappa shape index (κ3) is 1.05. The van der Waals surface area contributed by atoms with Crippen molar-refractivity contribution in [3.8, 4) is 0 Å². The molecule has 0 saturated heterocycles. The molecule has 2 heterocycles. The van der Waals surface area contributed by atoms with E-state index in [0.717, 1.165) is 24.6 Å². The molecule has 0 atom stereocenters. The molecule has 1 aliphatic rings. The Bertz CT molecular complexity index is 297. The minimum atomic E-state index is 0.573. The van der Waals surface area contributed by atoms with Crippen LogP contribution in [0.5, 0.6) is 0 Å². The molecule has 1 aromatic rings. The van der Waals surface area contributed by atoms with Crippen molar-refractivity contribution in [2.75, 3.05) is 36.1 Å². The summed E-state index contributed by atoms with van der Waals surface area (Å²) < 4.78 is 0. The van der Waals surface area contributed by atoms with E-state index in [9.17, 15) is 0 Å². The molecule has 3 N–H and O–H groups in total. The van der Waals surface area contributed by atoms with Crippen LogP contribution in [0.25, 0.3) is 0 Å². The summed E-state index contributed by atoms with van der Waals surface area (Å²) in [6.45, 7) is 1.94. The van der Waals surface area contributed by atoms with Crippen molar-refractivity contribution < 1.29 is 0 Å². The molecule has 0 unspecified atom stereocenters. The normalized spacial score (nSPS) is 15.2. The Morgan fingerprint density at radius 3 is 3.25 bits per heavy atom. The van der Waals surface area contributed by atoms with E-state index in [-0.39, 0.29) is 0 Å². The van der Waals surface area contributed by atoms with E-state index >= 15 is 0 Å². The molecule has 0 bridgehead atoms. The fraction of sp³-hybridized carbons (Fsp3) is 0.375. The van der Waals surface area contributed by atoms with Gasteiger partial charge >= 0.3 is 0 Å². The zero-order valence-electron chi connectivity index (χ0n) is 7.04. The Balaban J connectivity index is 2.47. The second-order valence-electron chi connectivity index (χ2n) is 2.96. The lowest BCUT2D eigenvalue weighted by atomic mass is 10.3. The number of nitrogens with zero attached hydrogens (tertiary/aromatic N) is 2. The van der Waals surface area contributed by atoms with Crippen molar-refractivity contribution in [1.29, 1.82) is 0 Å². The molecular weight excluding hydrogens is 152 g/mol. The molecule has 64 valence electrons. The first-order valence-corrected chi connectivity index (χ1v) is 3.99. The molecule has 0 amide bonds. The molecule has 0 fully saturated rings. The van der Waals surface area contributed by atoms with Gasteiger partial charge in [0, 0.05) is 20.1 Å². The number of rotatable bonds is 0. The highest BCUT2D eigenvalue weighted by Gasteiger charge is 2.13. The Morgan fingerprint density at radius 1 is 1.58 bits per heavy atom. The topological polar surface area (TPSA) is 54.2 Å². The van der Waals surface area contributed by atoms with E-state index in [2.05, 4.69) is 15.2 Å². The summed E-state index contributed by atoms with van der Waals surface area (Å²) >= 11 is 0. The molecule has 0 aromatic carbocycles. The first-order valence-electron chi connectivity index (χ1n) is 3.99. The molecule has 0 saturated carbocycles. The van der Waals surface area contributed by atoms with E-state index in [1.54, 1.807) is 0 Å². The van der Waals surface area contributed by atoms with Gasteiger partial charge in [-0.1, -0.05) is 0 Å². The van der Waals surface area contributed by atoms with Crippen LogP contribution in [0.1, 0.15) is 0 Å². The SMILES string of the molecule is CN1CCNc2ccc(N)nc21. The minimum Gasteiger partial charge on any atom is -0.384 e. The number of hydrogen-bond donors (Lipinski definition) is 2. The largest absolute Gasteiger partial charge is 0.384 e. The number of nitrogens with two attached hydrogens (primary N) is 1. The summed E-state index contributed by atoms with van der Waals surface area (Å²) in [5.74, 6) is 1.52. The van der Waals surface area contributed by atoms with Crippen molar-refractivity contribution in [3.05, 3.63) is 12.1 Å². The van der Waals surface area contributed by atoms with Gasteiger partial charge in [-0.15, -0.1) is 0 Å². The van der Waals surface area contributed by atoms with Gasteiger partial charge in [0.15, 0.2) is 5.82 Å². The number of nitrogen functional groups attached to an aromatic ring is 1. The molecule has 0 spiro atoms. The number of hydrogen-bond acceptors (Lipinski definition) is 4. The van der Waals surface area contributed by atoms with E-state index in [1.807, 2.05) is 19.2 Å². The van der Waals surface area contributed by atoms with Gasteiger partial charge in [-0.05, 0) is 12.1 Å². The number of fused-ring (bicyclic) bond motifs is 1. The summed E-state index contributed by atoms with van der Waals surface area (Å²) in [7, 11) is 2.02. The van der Waals surface area contributed by atoms with E-state index < -0.39 is 0 Å². The Hall–Kier alpha value is -1.45. The molecule has 4 heteroatoms. The molecule has 0 aliphatic carbocycles. The Labute approximate surface area is 71.4 Å². The summed E-state index contributed by atoms with van der Waals surface area (Å²) in [6, 6.07) is 3.78. The molecule has 4 nitrogen and oxygen atoms in total. The van der Waals surface area contributed by atoms with E-state index in [4.69, 9.17) is 5.73 Å². The van der Waals surface area contributed by atoms with Gasteiger partial charge in [0.2, 0.25) is 0 Å². The monoisotopic (exact) mass is 164 g/mol. The van der Waals surface area contributed by atoms with Crippen LogP contribution >= 0.6 is 0 Å². The fourth-order valence-corrected chi connectivity index (χ4v) is 1.36. The summed E-state index contributed by atoms with van der Waals surface area (Å²) in [5.41, 5.74) is 6.65. The molecular formula is C8H12N4. The standard InChI is InChI=1S/C8H12N4/c1-12-5-4-10-6-2-3-7(9)11-8(6)12/h2-3,10H,4-5H2,1H3,(H2,9,11). The number of aromatic nitrogens is 1. The van der Waals surface area contributed by atoms with Gasteiger partial charge in [-0.3, -0.25) is 0 Å². The maximum Gasteiger partial charge on any atom is 0.154 e. The minimum absolute atomic E-state index is 0.573. The van der Waals surface area contributed by atoms with Crippen LogP contribution in [-0.2, 0) is 0 Å². The second-order valence-corrected chi connectivity index (χ2v) is 2.96. The highest BCUT2D eigenvalue weighted by Crippen LogP contribution is 2.25. The van der Waals surface area contributed by atoms with Gasteiger partial charge < -0.3 is 16.0 Å². The van der Waals surface area contributed by atoms with Crippen molar-refractivity contribution in [2.24, 2.45) is 0 Å². The highest BCUT2D eigenvalue weighted by molar-refractivity contribution is 5.69. The third-order valence-electron chi connectivity index (χ3n) is 2.02. The maximum atomic E-state index is 5.58. The van der Waals surface area contributed by atoms with Crippen LogP contribution in [0.4, 0.5) is 17.3 Å². The average molecular weight is 164 g/mol. The number of anilines is 3. The maximum absolute atomic E-state index is 5.58. The first kappa shape index (κ1) is 7.21. The molecule has 12 heavy (non-hydrogen) atoms. The molecule has 2 rings (SSSR count). The van der Waals surface area contributed by atoms with Crippen molar-refractivity contribution in [2.45, 2.75) is 0 Å². The van der Waals surface area contributed by atoms with Crippen LogP contribution in [0.3, 0.4) is 0 Å². The lowest BCUT2D eigenvalue weighted by molar-refractivity contribution is 0.865. The first-order chi connectivity index (χ1) is 5.77. The van der Waals surface area contributed by atoms with Crippen molar-refractivity contribution in [1.82, 2.24) is 4.98 Å². The lowest BCUT2D eigenvalue weighted by Crippen LogP contribution is -2.31. The van der Waals surface area contributed by atoms with Gasteiger partial charge in [-0.2, -0.15) is 0 Å². The predicted molar refractivity (Wildman–Crippen MR) is 50.4 cm³/mol. The highest BCUT2D eigenvalue weighted by atomic mass is 15.2. The number of nitrogens with one attached hydrogen (secondary N) is 1. The van der Waals surface area contributed by atoms with Gasteiger partial charge in [-0.25, -0.2) is 4.98 Å². The van der Waals surface area contributed by atoms with Crippen LogP contribution in [-0.4, -0.2) is 25.1 Å². The number of likely N-dealkylation sites (N-methyl/N-ethyl adjacent to an activating group) is 1. The zero-order valence-corrected chi connectivity index (χ0v) is 7.04. The van der Waals surface area contributed by atoms with Crippen LogP contribution in [0, 0.1) is 0 Å². The fourth-order valence-electron chi connectivity index (χ4n) is 1.36. The second kappa shape index (κ2) is 2.55. The average Bonchev–Trinajstić information content (AvgIpc) is 2.07. The van der Waals surface area contributed by atoms with Crippen molar-refractivity contribution in [3.63, 3.8) is 0 Å². The molecule has 1 aliphatic heterocycles. The number of pyridine rings is 1. The third-order valence-corrected chi connectivity index (χ3v) is 2.02. The smallest absolute Gasteiger partial charge is 0.154 e. The quantitative estimate of drug-likeness (QED) is 0.587. The summed E-state index contributed by atoms with van der Waals surface area (Å²) in [5, 5.41) is 3.26. The summed E-state index contributed by atoms with van der Waals surface area (Å²) in [6.07, 6.45) is 0. The summed E-state index contributed by atoms with van der Waals surface area (Å²) in [4.78, 5) is 6.34. The van der Waals surface area contributed by atoms with E-state index in [0.29, 0.717) is 5.82 Å². The van der Waals surface area contributed by atoms with Crippen molar-refractivity contribution >= 4 is 17.3 Å². The zero-order chi connectivity index (χ0) is 8.55. The van der Waals surface area contributed by atoms with Gasteiger partial charge in [0.05, 0.1) is 5.69 Å². The molecule has 0 radical (unpaired) electrons. The van der Waals surface area contributed by atoms with Gasteiger partial charge in [0.1, 0.15) is 5.82 Å². The lowest BCUT2D eigenvalue weighted by Gasteiger charge is -2.27. The molecule has 1 aromatic heterocycles. The van der Waals surface area contributed by atoms with Crippen LogP contribution < -0.4 is 16.0 Å². The Kier molecular flexibility index (Phi) is 1.53. The van der Waals surface area contributed by atoms with Crippen LogP contribution in [0.15, 0.2) is 12.1 Å². The van der Waals surface area contributed by atoms with E-state index in [1.165, 1.54) is 0 Å². The van der Waals surface area contributed by atoms with Crippen LogP contribution in [0.2, 0.25) is 0 Å². The van der Waals surface area contributed by atoms with Gasteiger partial charge in [0.25, 0.3) is 0 Å². The Morgan fingerprint density at radius 2 is 2.42 bits per heavy atom. The predicted octanol–water partition coefficient (Wildman–Crippen LogP) is 0.526.